The summed E-state index contributed by atoms with van der Waals surface area (Å²) in [6, 6.07) is 56.6. The van der Waals surface area contributed by atoms with E-state index in [2.05, 4.69) is 23.2 Å². The van der Waals surface area contributed by atoms with Gasteiger partial charge in [0.1, 0.15) is 5.58 Å². The van der Waals surface area contributed by atoms with Crippen LogP contribution in [0, 0.1) is 24.4 Å². The second kappa shape index (κ2) is 19.0. The number of aryl methyl sites for hydroxylation is 1. The fourth-order valence-corrected chi connectivity index (χ4v) is 8.31. The third kappa shape index (κ3) is 9.41. The van der Waals surface area contributed by atoms with Crippen LogP contribution in [0.4, 0.5) is 0 Å². The molecule has 4 nitrogen and oxygen atoms in total. The van der Waals surface area contributed by atoms with E-state index in [4.69, 9.17) is 19.0 Å². The summed E-state index contributed by atoms with van der Waals surface area (Å²) in [5.74, 6) is -1.33. The van der Waals surface area contributed by atoms with E-state index in [1.165, 1.54) is 0 Å². The van der Waals surface area contributed by atoms with Gasteiger partial charge >= 0.3 is 0 Å². The smallest absolute Gasteiger partial charge is 0.120 e. The molecule has 0 aliphatic carbocycles. The van der Waals surface area contributed by atoms with Crippen molar-refractivity contribution in [1.29, 1.82) is 0 Å². The molecule has 5 heteroatoms. The predicted octanol–water partition coefficient (Wildman–Crippen LogP) is 16.4. The molecule has 10 rings (SSSR count). The van der Waals surface area contributed by atoms with Crippen LogP contribution in [0.2, 0.25) is 0 Å². The van der Waals surface area contributed by atoms with Gasteiger partial charge in [0, 0.05) is 47.0 Å². The van der Waals surface area contributed by atoms with Crippen LogP contribution < -0.4 is 0 Å². The minimum Gasteiger partial charge on any atom is -0.501 e. The maximum atomic E-state index is 8.98. The Labute approximate surface area is 407 Å². The van der Waals surface area contributed by atoms with Crippen molar-refractivity contribution in [3.63, 3.8) is 0 Å². The molecule has 0 bridgehead atoms. The van der Waals surface area contributed by atoms with Crippen molar-refractivity contribution in [2.75, 3.05) is 0 Å². The molecular formula is C60H55IrN3O-2. The zero-order chi connectivity index (χ0) is 50.7. The number of para-hydroxylation sites is 4. The Morgan fingerprint density at radius 1 is 0.723 bits per heavy atom. The van der Waals surface area contributed by atoms with Crippen LogP contribution in [0.15, 0.2) is 168 Å². The van der Waals surface area contributed by atoms with Gasteiger partial charge in [-0.25, -0.2) is 0 Å². The number of pyridine rings is 1. The molecule has 10 aromatic rings. The van der Waals surface area contributed by atoms with E-state index >= 15 is 0 Å². The van der Waals surface area contributed by atoms with Gasteiger partial charge in [0.05, 0.1) is 22.4 Å². The molecule has 0 aliphatic heterocycles. The number of rotatable bonds is 8. The minimum absolute atomic E-state index is 0. The van der Waals surface area contributed by atoms with Gasteiger partial charge in [-0.2, -0.15) is 0 Å². The largest absolute Gasteiger partial charge is 0.501 e. The van der Waals surface area contributed by atoms with Crippen molar-refractivity contribution in [3.05, 3.63) is 198 Å². The molecule has 65 heavy (non-hydrogen) atoms. The standard InChI is InChI=1S/C32H31N2.C28H24NO.Ir/c1-21(2)26-14-11-15-27(22(3)4)31(26)34-30-17-10-9-16-29(30)33-32(34)25-19-18-23(5)28(20-25)24-12-7-6-8-13-24;1-28(2,3)18-19-11-13-20(14-12-19)21-15-16-29-25(17-21)24-9-6-8-23-22-7-4-5-10-26(22)30-27(23)24;/h6-18,20-22H,1-5H3;4-8,10-17H,18H2,1-3H3;/q2*-1;/i5D3,21D,22D;18D2;. The zero-order valence-corrected chi connectivity index (χ0v) is 40.1. The van der Waals surface area contributed by atoms with Gasteiger partial charge in [0.25, 0.3) is 0 Å². The average Bonchev–Trinajstić information content (AvgIpc) is 3.92. The number of aromatic nitrogens is 3. The van der Waals surface area contributed by atoms with Gasteiger partial charge in [-0.15, -0.1) is 47.5 Å². The number of hydrogen-bond donors (Lipinski definition) is 0. The van der Waals surface area contributed by atoms with Crippen LogP contribution >= 0.6 is 0 Å². The van der Waals surface area contributed by atoms with E-state index in [1.807, 2.05) is 199 Å². The molecule has 1 radical (unpaired) electrons. The molecule has 327 valence electrons. The van der Waals surface area contributed by atoms with Crippen molar-refractivity contribution >= 4 is 33.0 Å². The molecule has 0 atom stereocenters. The second-order valence-corrected chi connectivity index (χ2v) is 17.6. The first-order valence-electron chi connectivity index (χ1n) is 25.2. The maximum Gasteiger partial charge on any atom is 0.120 e. The van der Waals surface area contributed by atoms with E-state index < -0.39 is 30.4 Å². The number of benzene rings is 7. The van der Waals surface area contributed by atoms with Gasteiger partial charge < -0.3 is 14.0 Å². The van der Waals surface area contributed by atoms with E-state index in [0.717, 1.165) is 77.7 Å². The number of hydrogen-bond acceptors (Lipinski definition) is 3. The van der Waals surface area contributed by atoms with Crippen LogP contribution in [0.5, 0.6) is 0 Å². The summed E-state index contributed by atoms with van der Waals surface area (Å²) >= 11 is 0. The molecule has 0 unspecified atom stereocenters. The third-order valence-corrected chi connectivity index (χ3v) is 11.3. The minimum atomic E-state index is -2.31. The number of furan rings is 1. The van der Waals surface area contributed by atoms with E-state index in [0.29, 0.717) is 22.5 Å². The van der Waals surface area contributed by atoms with E-state index in [9.17, 15) is 0 Å². The molecule has 0 fully saturated rings. The number of nitrogens with zero attached hydrogens (tertiary/aromatic N) is 3. The van der Waals surface area contributed by atoms with Crippen LogP contribution in [0.3, 0.4) is 0 Å². The van der Waals surface area contributed by atoms with Crippen molar-refractivity contribution in [2.45, 2.75) is 73.5 Å². The Kier molecular flexibility index (Phi) is 10.8. The molecular weight excluding hydrogens is 971 g/mol. The van der Waals surface area contributed by atoms with Gasteiger partial charge in [0.15, 0.2) is 0 Å². The van der Waals surface area contributed by atoms with E-state index in [1.54, 1.807) is 12.3 Å². The molecule has 0 saturated carbocycles. The SMILES string of the molecule is [2H]C([2H])([2H])c1c[c-]c(-c2nc3ccccc3n2-c2c(C([2H])(C)C)cccc2C([2H])(C)C)cc1-c1ccccc1.[2H]C([2H])(c1ccc(-c2ccnc(-c3[c-]ccc4c3oc3ccccc34)c2)cc1)C(C)(C)C.[Ir]. The van der Waals surface area contributed by atoms with Crippen LogP contribution in [0.25, 0.3) is 83.6 Å². The Hall–Kier alpha value is -6.39. The Balaban J connectivity index is 0.000000193. The topological polar surface area (TPSA) is 43.9 Å². The average molecular weight is 1030 g/mol. The molecule has 0 N–H and O–H groups in total. The summed E-state index contributed by atoms with van der Waals surface area (Å²) in [6.07, 6.45) is 0.378. The summed E-state index contributed by atoms with van der Waals surface area (Å²) in [5, 5.41) is 2.13. The number of imidazole rings is 1. The summed E-state index contributed by atoms with van der Waals surface area (Å²) in [7, 11) is 0. The quantitative estimate of drug-likeness (QED) is 0.142. The fraction of sp³-hybridized carbons (Fsp3) is 0.200. The van der Waals surface area contributed by atoms with Crippen LogP contribution in [-0.4, -0.2) is 14.5 Å². The summed E-state index contributed by atoms with van der Waals surface area (Å²) < 4.78 is 67.6. The number of fused-ring (bicyclic) bond motifs is 4. The third-order valence-electron chi connectivity index (χ3n) is 11.3. The molecule has 0 amide bonds. The van der Waals surface area contributed by atoms with E-state index in [-0.39, 0.29) is 25.7 Å². The molecule has 3 heterocycles. The second-order valence-electron chi connectivity index (χ2n) is 17.6. The molecule has 0 aliphatic rings. The summed E-state index contributed by atoms with van der Waals surface area (Å²) in [4.78, 5) is 9.59. The van der Waals surface area contributed by atoms with Crippen molar-refractivity contribution < 1.29 is 34.1 Å². The molecule has 3 aromatic heterocycles. The fourth-order valence-electron chi connectivity index (χ4n) is 8.31. The summed E-state index contributed by atoms with van der Waals surface area (Å²) in [6.45, 7) is 10.8. The van der Waals surface area contributed by atoms with Crippen molar-refractivity contribution in [1.82, 2.24) is 14.5 Å². The molecule has 7 aromatic carbocycles. The molecule has 0 saturated heterocycles. The van der Waals surface area contributed by atoms with Crippen LogP contribution in [-0.2, 0) is 26.5 Å². The molecule has 0 spiro atoms. The first-order valence-corrected chi connectivity index (χ1v) is 21.7. The Bertz CT molecular complexity index is 3530. The van der Waals surface area contributed by atoms with Gasteiger partial charge in [-0.05, 0) is 86.9 Å². The maximum absolute atomic E-state index is 8.98. The monoisotopic (exact) mass is 1030 g/mol. The predicted molar refractivity (Wildman–Crippen MR) is 268 cm³/mol. The first kappa shape index (κ1) is 36.9. The van der Waals surface area contributed by atoms with Gasteiger partial charge in [0.2, 0.25) is 0 Å². The first-order chi connectivity index (χ1) is 33.5. The normalized spacial score (nSPS) is 13.9. The van der Waals surface area contributed by atoms with Crippen molar-refractivity contribution in [2.24, 2.45) is 5.41 Å². The zero-order valence-electron chi connectivity index (χ0n) is 44.7. The Morgan fingerprint density at radius 3 is 2.15 bits per heavy atom. The van der Waals surface area contributed by atoms with Crippen LogP contribution in [0.1, 0.15) is 92.1 Å². The van der Waals surface area contributed by atoms with Crippen molar-refractivity contribution in [3.8, 4) is 50.6 Å². The van der Waals surface area contributed by atoms with Gasteiger partial charge in [-0.1, -0.05) is 181 Å². The Morgan fingerprint density at radius 2 is 1.43 bits per heavy atom. The summed E-state index contributed by atoms with van der Waals surface area (Å²) in [5.41, 5.74) is 11.6. The van der Waals surface area contributed by atoms with Gasteiger partial charge in [-0.3, -0.25) is 4.98 Å².